The van der Waals surface area contributed by atoms with Crippen LogP contribution in [0, 0.1) is 0 Å². The van der Waals surface area contributed by atoms with Crippen LogP contribution in [0.1, 0.15) is 0 Å². The van der Waals surface area contributed by atoms with Gasteiger partial charge in [0.2, 0.25) is 0 Å². The summed E-state index contributed by atoms with van der Waals surface area (Å²) < 4.78 is 6.16. The van der Waals surface area contributed by atoms with E-state index in [2.05, 4.69) is 157 Å². The Morgan fingerprint density at radius 3 is 1.84 bits per heavy atom. The number of fused-ring (bicyclic) bond motifs is 8. The van der Waals surface area contributed by atoms with E-state index >= 15 is 0 Å². The fourth-order valence-corrected chi connectivity index (χ4v) is 6.79. The van der Waals surface area contributed by atoms with E-state index in [4.69, 9.17) is 4.42 Å². The van der Waals surface area contributed by atoms with Crippen LogP contribution in [0.15, 0.2) is 168 Å². The number of hydrogen-bond acceptors (Lipinski definition) is 2. The molecule has 0 aliphatic rings. The van der Waals surface area contributed by atoms with Gasteiger partial charge in [-0.2, -0.15) is 0 Å². The fourth-order valence-electron chi connectivity index (χ4n) is 6.79. The van der Waals surface area contributed by atoms with Crippen molar-refractivity contribution in [2.75, 3.05) is 4.90 Å². The predicted molar refractivity (Wildman–Crippen MR) is 186 cm³/mol. The molecule has 0 atom stereocenters. The Labute approximate surface area is 255 Å². The van der Waals surface area contributed by atoms with Crippen molar-refractivity contribution in [3.63, 3.8) is 0 Å². The number of anilines is 3. The number of hydrogen-bond donors (Lipinski definition) is 0. The van der Waals surface area contributed by atoms with Crippen molar-refractivity contribution in [1.29, 1.82) is 0 Å². The maximum atomic E-state index is 6.16. The first kappa shape index (κ1) is 24.7. The molecule has 206 valence electrons. The van der Waals surface area contributed by atoms with Crippen molar-refractivity contribution in [3.05, 3.63) is 164 Å². The minimum Gasteiger partial charge on any atom is -0.456 e. The molecule has 1 heterocycles. The molecule has 0 aliphatic carbocycles. The summed E-state index contributed by atoms with van der Waals surface area (Å²) >= 11 is 0. The second-order valence-corrected chi connectivity index (χ2v) is 11.4. The van der Waals surface area contributed by atoms with Gasteiger partial charge in [0, 0.05) is 27.8 Å². The van der Waals surface area contributed by atoms with Gasteiger partial charge < -0.3 is 9.32 Å². The summed E-state index contributed by atoms with van der Waals surface area (Å²) in [6, 6.07) is 58.6. The van der Waals surface area contributed by atoms with Gasteiger partial charge in [0.15, 0.2) is 0 Å². The predicted octanol–water partition coefficient (Wildman–Crippen LogP) is 12.2. The third-order valence-corrected chi connectivity index (χ3v) is 8.82. The van der Waals surface area contributed by atoms with Gasteiger partial charge in [-0.05, 0) is 98.0 Å². The lowest BCUT2D eigenvalue weighted by Gasteiger charge is -2.26. The van der Waals surface area contributed by atoms with Gasteiger partial charge in [0.1, 0.15) is 11.2 Å². The van der Waals surface area contributed by atoms with E-state index in [1.807, 2.05) is 12.1 Å². The Kier molecular flexibility index (Phi) is 5.54. The molecule has 2 nitrogen and oxygen atoms in total. The molecule has 0 saturated carbocycles. The molecule has 0 unspecified atom stereocenters. The molecule has 0 saturated heterocycles. The van der Waals surface area contributed by atoms with Crippen LogP contribution in [-0.2, 0) is 0 Å². The highest BCUT2D eigenvalue weighted by molar-refractivity contribution is 6.19. The monoisotopic (exact) mass is 561 g/mol. The lowest BCUT2D eigenvalue weighted by molar-refractivity contribution is 0.669. The van der Waals surface area contributed by atoms with Gasteiger partial charge in [-0.25, -0.2) is 0 Å². The quantitative estimate of drug-likeness (QED) is 0.199. The van der Waals surface area contributed by atoms with Gasteiger partial charge in [-0.15, -0.1) is 0 Å². The highest BCUT2D eigenvalue weighted by Crippen LogP contribution is 2.41. The molecule has 0 spiro atoms. The van der Waals surface area contributed by atoms with E-state index < -0.39 is 0 Å². The molecule has 0 bridgehead atoms. The van der Waals surface area contributed by atoms with Crippen LogP contribution in [-0.4, -0.2) is 0 Å². The van der Waals surface area contributed by atoms with Gasteiger partial charge in [-0.1, -0.05) is 109 Å². The lowest BCUT2D eigenvalue weighted by atomic mass is 9.93. The Balaban J connectivity index is 1.19. The van der Waals surface area contributed by atoms with Crippen molar-refractivity contribution < 1.29 is 4.42 Å². The van der Waals surface area contributed by atoms with E-state index in [-0.39, 0.29) is 0 Å². The molecule has 1 aromatic heterocycles. The second kappa shape index (κ2) is 9.86. The minimum absolute atomic E-state index is 0.920. The summed E-state index contributed by atoms with van der Waals surface area (Å²) in [5.41, 5.74) is 7.63. The summed E-state index contributed by atoms with van der Waals surface area (Å²) in [7, 11) is 0. The molecule has 0 N–H and O–H groups in total. The topological polar surface area (TPSA) is 16.4 Å². The van der Waals surface area contributed by atoms with Crippen LogP contribution < -0.4 is 4.90 Å². The van der Waals surface area contributed by atoms with E-state index in [0.29, 0.717) is 0 Å². The van der Waals surface area contributed by atoms with Gasteiger partial charge in [0.25, 0.3) is 0 Å². The normalized spacial score (nSPS) is 11.6. The Morgan fingerprint density at radius 2 is 1.00 bits per heavy atom. The van der Waals surface area contributed by atoms with Crippen molar-refractivity contribution in [2.24, 2.45) is 0 Å². The molecule has 9 rings (SSSR count). The van der Waals surface area contributed by atoms with Crippen LogP contribution >= 0.6 is 0 Å². The van der Waals surface area contributed by atoms with Gasteiger partial charge in [0.05, 0.1) is 0 Å². The smallest absolute Gasteiger partial charge is 0.136 e. The number of benzene rings is 8. The molecular weight excluding hydrogens is 534 g/mol. The van der Waals surface area contributed by atoms with E-state index in [9.17, 15) is 0 Å². The molecule has 9 aromatic rings. The number of furan rings is 1. The molecular formula is C42H27NO. The summed E-state index contributed by atoms with van der Waals surface area (Å²) in [6.07, 6.45) is 0. The first-order chi connectivity index (χ1) is 21.8. The first-order valence-corrected chi connectivity index (χ1v) is 15.0. The zero-order valence-electron chi connectivity index (χ0n) is 23.9. The van der Waals surface area contributed by atoms with Crippen LogP contribution in [0.3, 0.4) is 0 Å². The lowest BCUT2D eigenvalue weighted by Crippen LogP contribution is -2.09. The molecule has 0 radical (unpaired) electrons. The number of rotatable bonds is 4. The van der Waals surface area contributed by atoms with Crippen molar-refractivity contribution in [1.82, 2.24) is 0 Å². The van der Waals surface area contributed by atoms with Crippen LogP contribution in [0.2, 0.25) is 0 Å². The third-order valence-electron chi connectivity index (χ3n) is 8.82. The SMILES string of the molecule is c1ccc(N(c2ccc(-c3cc4ccccc4c4ccccc34)cc2)c2ccc3c(ccc4oc5ccccc5c43)c2)cc1. The summed E-state index contributed by atoms with van der Waals surface area (Å²) in [5.74, 6) is 0. The average molecular weight is 562 g/mol. The highest BCUT2D eigenvalue weighted by atomic mass is 16.3. The minimum atomic E-state index is 0.920. The van der Waals surface area contributed by atoms with Gasteiger partial charge in [-0.3, -0.25) is 0 Å². The van der Waals surface area contributed by atoms with E-state index in [1.165, 1.54) is 48.8 Å². The maximum Gasteiger partial charge on any atom is 0.136 e. The van der Waals surface area contributed by atoms with Crippen LogP contribution in [0.4, 0.5) is 17.1 Å². The van der Waals surface area contributed by atoms with Crippen molar-refractivity contribution in [3.8, 4) is 11.1 Å². The van der Waals surface area contributed by atoms with Crippen molar-refractivity contribution in [2.45, 2.75) is 0 Å². The van der Waals surface area contributed by atoms with Gasteiger partial charge >= 0.3 is 0 Å². The summed E-state index contributed by atoms with van der Waals surface area (Å²) in [4.78, 5) is 2.33. The van der Waals surface area contributed by atoms with Crippen LogP contribution in [0.5, 0.6) is 0 Å². The third kappa shape index (κ3) is 3.89. The zero-order valence-corrected chi connectivity index (χ0v) is 23.9. The average Bonchev–Trinajstić information content (AvgIpc) is 3.48. The molecule has 0 fully saturated rings. The first-order valence-electron chi connectivity index (χ1n) is 15.0. The maximum absolute atomic E-state index is 6.16. The van der Waals surface area contributed by atoms with Crippen molar-refractivity contribution >= 4 is 71.3 Å². The number of para-hydroxylation sites is 2. The molecule has 0 amide bonds. The highest BCUT2D eigenvalue weighted by Gasteiger charge is 2.16. The Morgan fingerprint density at radius 1 is 0.364 bits per heavy atom. The molecule has 8 aromatic carbocycles. The van der Waals surface area contributed by atoms with E-state index in [1.54, 1.807) is 0 Å². The summed E-state index contributed by atoms with van der Waals surface area (Å²) in [5, 5.41) is 9.80. The largest absolute Gasteiger partial charge is 0.456 e. The summed E-state index contributed by atoms with van der Waals surface area (Å²) in [6.45, 7) is 0. The molecule has 44 heavy (non-hydrogen) atoms. The fraction of sp³-hybridized carbons (Fsp3) is 0. The molecule has 0 aliphatic heterocycles. The Bertz CT molecular complexity index is 2490. The number of nitrogens with zero attached hydrogens (tertiary/aromatic N) is 1. The zero-order chi connectivity index (χ0) is 29.0. The standard InChI is InChI=1S/C42H27NO/c1-2-11-31(12-3-1)43(33-23-24-35-30(26-33)20-25-41-42(35)38-16-8-9-17-40(38)44-41)32-21-18-28(19-22-32)39-27-29-10-4-5-13-34(29)36-14-6-7-15-37(36)39/h1-27H. The second-order valence-electron chi connectivity index (χ2n) is 11.4. The van der Waals surface area contributed by atoms with Crippen LogP contribution in [0.25, 0.3) is 65.4 Å². The Hall–Kier alpha value is -5.86. The van der Waals surface area contributed by atoms with E-state index in [0.717, 1.165) is 33.6 Å². The molecule has 2 heteroatoms.